The summed E-state index contributed by atoms with van der Waals surface area (Å²) in [6.45, 7) is 0. The second-order valence-corrected chi connectivity index (χ2v) is 6.49. The number of rotatable bonds is 5. The van der Waals surface area contributed by atoms with Crippen molar-refractivity contribution in [2.24, 2.45) is 0 Å². The number of amides is 1. The van der Waals surface area contributed by atoms with Crippen LogP contribution < -0.4 is 4.74 Å². The number of thioether (sulfide) groups is 1. The fraction of sp³-hybridized carbons (Fsp3) is 0.294. The summed E-state index contributed by atoms with van der Waals surface area (Å²) in [7, 11) is 1.58. The number of furan rings is 1. The predicted molar refractivity (Wildman–Crippen MR) is 88.9 cm³/mol. The molecule has 1 fully saturated rings. The van der Waals surface area contributed by atoms with E-state index < -0.39 is 17.4 Å². The molecule has 1 saturated heterocycles. The zero-order valence-corrected chi connectivity index (χ0v) is 13.9. The zero-order valence-electron chi connectivity index (χ0n) is 13.0. The van der Waals surface area contributed by atoms with Gasteiger partial charge in [0.05, 0.1) is 19.8 Å². The molecule has 2 aromatic rings. The van der Waals surface area contributed by atoms with E-state index in [2.05, 4.69) is 0 Å². The van der Waals surface area contributed by atoms with Crippen molar-refractivity contribution in [2.75, 3.05) is 12.9 Å². The lowest BCUT2D eigenvalue weighted by Gasteiger charge is -2.26. The quantitative estimate of drug-likeness (QED) is 0.895. The lowest BCUT2D eigenvalue weighted by molar-refractivity contribution is -0.149. The second-order valence-electron chi connectivity index (χ2n) is 5.38. The van der Waals surface area contributed by atoms with Gasteiger partial charge < -0.3 is 19.2 Å². The standard InChI is InChI=1S/C17H17NO5S/c1-22-12-6-4-11(5-7-12)9-15(19)18-13(17(20)21)10-24-16(18)14-3-2-8-23-14/h2-8,13,16H,9-10H2,1H3,(H,20,21). The highest BCUT2D eigenvalue weighted by Crippen LogP contribution is 2.41. The van der Waals surface area contributed by atoms with Crippen LogP contribution in [0.3, 0.4) is 0 Å². The number of nitrogens with zero attached hydrogens (tertiary/aromatic N) is 1. The maximum absolute atomic E-state index is 12.8. The molecule has 0 radical (unpaired) electrons. The van der Waals surface area contributed by atoms with E-state index in [-0.39, 0.29) is 12.3 Å². The Morgan fingerprint density at radius 3 is 2.67 bits per heavy atom. The molecule has 1 N–H and O–H groups in total. The Labute approximate surface area is 143 Å². The minimum absolute atomic E-state index is 0.130. The number of ether oxygens (including phenoxy) is 1. The van der Waals surface area contributed by atoms with E-state index in [1.807, 2.05) is 0 Å². The van der Waals surface area contributed by atoms with Crippen LogP contribution in [-0.2, 0) is 16.0 Å². The highest BCUT2D eigenvalue weighted by Gasteiger charge is 2.43. The molecule has 2 atom stereocenters. The molecule has 2 heterocycles. The first kappa shape index (κ1) is 16.4. The maximum Gasteiger partial charge on any atom is 0.327 e. The van der Waals surface area contributed by atoms with Crippen molar-refractivity contribution in [1.82, 2.24) is 4.90 Å². The van der Waals surface area contributed by atoms with E-state index in [0.29, 0.717) is 17.3 Å². The number of methoxy groups -OCH3 is 1. The average molecular weight is 347 g/mol. The van der Waals surface area contributed by atoms with Gasteiger partial charge in [-0.2, -0.15) is 0 Å². The summed E-state index contributed by atoms with van der Waals surface area (Å²) in [6, 6.07) is 9.80. The summed E-state index contributed by atoms with van der Waals surface area (Å²) in [5, 5.41) is 9.02. The summed E-state index contributed by atoms with van der Waals surface area (Å²) in [5.41, 5.74) is 0.806. The van der Waals surface area contributed by atoms with Crippen LogP contribution in [0.2, 0.25) is 0 Å². The normalized spacial score (nSPS) is 20.1. The first-order valence-electron chi connectivity index (χ1n) is 7.42. The van der Waals surface area contributed by atoms with Crippen molar-refractivity contribution in [3.8, 4) is 5.75 Å². The SMILES string of the molecule is COc1ccc(CC(=O)N2C(C(=O)O)CSC2c2ccco2)cc1. The van der Waals surface area contributed by atoms with E-state index in [0.717, 1.165) is 5.56 Å². The molecule has 3 rings (SSSR count). The maximum atomic E-state index is 12.8. The van der Waals surface area contributed by atoms with Gasteiger partial charge in [-0.05, 0) is 29.8 Å². The van der Waals surface area contributed by atoms with Gasteiger partial charge in [0.15, 0.2) is 0 Å². The van der Waals surface area contributed by atoms with Crippen LogP contribution in [-0.4, -0.2) is 40.8 Å². The Morgan fingerprint density at radius 1 is 1.33 bits per heavy atom. The topological polar surface area (TPSA) is 80.0 Å². The van der Waals surface area contributed by atoms with Crippen LogP contribution in [0, 0.1) is 0 Å². The molecule has 1 aromatic heterocycles. The summed E-state index contributed by atoms with van der Waals surface area (Å²) < 4.78 is 10.5. The number of carbonyl (C=O) groups excluding carboxylic acids is 1. The predicted octanol–water partition coefficient (Wildman–Crippen LogP) is 2.56. The van der Waals surface area contributed by atoms with Crippen molar-refractivity contribution in [3.05, 3.63) is 54.0 Å². The summed E-state index contributed by atoms with van der Waals surface area (Å²) >= 11 is 1.40. The third kappa shape index (κ3) is 3.26. The van der Waals surface area contributed by atoms with Gasteiger partial charge in [-0.1, -0.05) is 12.1 Å². The van der Waals surface area contributed by atoms with Crippen molar-refractivity contribution < 1.29 is 23.8 Å². The van der Waals surface area contributed by atoms with Crippen LogP contribution >= 0.6 is 11.8 Å². The summed E-state index contributed by atoms with van der Waals surface area (Å²) in [6.07, 6.45) is 1.65. The largest absolute Gasteiger partial charge is 0.497 e. The van der Waals surface area contributed by atoms with Gasteiger partial charge in [-0.3, -0.25) is 4.79 Å². The van der Waals surface area contributed by atoms with Gasteiger partial charge in [0.25, 0.3) is 0 Å². The van der Waals surface area contributed by atoms with Crippen molar-refractivity contribution in [3.63, 3.8) is 0 Å². The monoisotopic (exact) mass is 347 g/mol. The van der Waals surface area contributed by atoms with E-state index in [1.165, 1.54) is 22.9 Å². The molecule has 24 heavy (non-hydrogen) atoms. The lowest BCUT2D eigenvalue weighted by Crippen LogP contribution is -2.43. The summed E-state index contributed by atoms with van der Waals surface area (Å²) in [4.78, 5) is 25.7. The number of benzene rings is 1. The van der Waals surface area contributed by atoms with Gasteiger partial charge in [0.1, 0.15) is 22.9 Å². The molecule has 6 nitrogen and oxygen atoms in total. The number of hydrogen-bond donors (Lipinski definition) is 1. The van der Waals surface area contributed by atoms with Crippen LogP contribution in [0.5, 0.6) is 5.75 Å². The molecule has 1 aromatic carbocycles. The third-order valence-electron chi connectivity index (χ3n) is 3.87. The second kappa shape index (κ2) is 7.00. The van der Waals surface area contributed by atoms with E-state index in [9.17, 15) is 14.7 Å². The van der Waals surface area contributed by atoms with Crippen LogP contribution in [0.25, 0.3) is 0 Å². The molecule has 1 aliphatic rings. The Kier molecular flexibility index (Phi) is 4.80. The molecule has 0 bridgehead atoms. The van der Waals surface area contributed by atoms with Gasteiger partial charge in [-0.15, -0.1) is 11.8 Å². The van der Waals surface area contributed by atoms with Crippen LogP contribution in [0.15, 0.2) is 47.1 Å². The average Bonchev–Trinajstić information content (AvgIpc) is 3.24. The highest BCUT2D eigenvalue weighted by atomic mass is 32.2. The van der Waals surface area contributed by atoms with Crippen LogP contribution in [0.4, 0.5) is 0 Å². The fourth-order valence-corrected chi connectivity index (χ4v) is 4.05. The van der Waals surface area contributed by atoms with Crippen molar-refractivity contribution in [1.29, 1.82) is 0 Å². The smallest absolute Gasteiger partial charge is 0.327 e. The summed E-state index contributed by atoms with van der Waals surface area (Å²) in [5.74, 6) is 0.403. The van der Waals surface area contributed by atoms with E-state index in [4.69, 9.17) is 9.15 Å². The number of carbonyl (C=O) groups is 2. The van der Waals surface area contributed by atoms with E-state index >= 15 is 0 Å². The Balaban J connectivity index is 1.81. The number of carboxylic acid groups (broad SMARTS) is 1. The first-order chi connectivity index (χ1) is 11.6. The van der Waals surface area contributed by atoms with Gasteiger partial charge in [0.2, 0.25) is 5.91 Å². The zero-order chi connectivity index (χ0) is 17.1. The third-order valence-corrected chi connectivity index (χ3v) is 5.16. The van der Waals surface area contributed by atoms with Crippen molar-refractivity contribution >= 4 is 23.6 Å². The van der Waals surface area contributed by atoms with Gasteiger partial charge in [-0.25, -0.2) is 4.79 Å². The van der Waals surface area contributed by atoms with Gasteiger partial charge in [0, 0.05) is 5.75 Å². The molecule has 1 aliphatic heterocycles. The Bertz CT molecular complexity index is 713. The molecule has 126 valence electrons. The fourth-order valence-electron chi connectivity index (χ4n) is 2.66. The number of hydrogen-bond acceptors (Lipinski definition) is 5. The first-order valence-corrected chi connectivity index (χ1v) is 8.47. The Hall–Kier alpha value is -2.41. The van der Waals surface area contributed by atoms with Gasteiger partial charge >= 0.3 is 5.97 Å². The van der Waals surface area contributed by atoms with Crippen molar-refractivity contribution in [2.45, 2.75) is 17.8 Å². The molecule has 1 amide bonds. The highest BCUT2D eigenvalue weighted by molar-refractivity contribution is 7.99. The minimum atomic E-state index is -1.00. The molecular formula is C17H17NO5S. The molecular weight excluding hydrogens is 330 g/mol. The number of aliphatic carboxylic acids is 1. The van der Waals surface area contributed by atoms with E-state index in [1.54, 1.807) is 43.5 Å². The Morgan fingerprint density at radius 2 is 2.08 bits per heavy atom. The van der Waals surface area contributed by atoms with Crippen LogP contribution in [0.1, 0.15) is 16.7 Å². The minimum Gasteiger partial charge on any atom is -0.497 e. The molecule has 0 saturated carbocycles. The molecule has 0 spiro atoms. The molecule has 2 unspecified atom stereocenters. The lowest BCUT2D eigenvalue weighted by atomic mass is 10.1. The number of carboxylic acids is 1. The molecule has 0 aliphatic carbocycles. The molecule has 7 heteroatoms.